The van der Waals surface area contributed by atoms with Crippen LogP contribution in [0.1, 0.15) is 65.7 Å². The first-order chi connectivity index (χ1) is 9.53. The fraction of sp³-hybridized carbons (Fsp3) is 0.941. The first-order valence-electron chi connectivity index (χ1n) is 8.55. The van der Waals surface area contributed by atoms with E-state index in [0.717, 1.165) is 32.4 Å². The molecule has 3 heteroatoms. The second kappa shape index (κ2) is 6.93. The molecular weight excluding hydrogens is 248 g/mol. The minimum absolute atomic E-state index is 0.0650. The smallest absolute Gasteiger partial charge is 0.226 e. The number of hydrogen-bond donors (Lipinski definition) is 2. The lowest BCUT2D eigenvalue weighted by Crippen LogP contribution is -2.49. The van der Waals surface area contributed by atoms with Crippen molar-refractivity contribution in [3.05, 3.63) is 0 Å². The fourth-order valence-electron chi connectivity index (χ4n) is 4.14. The predicted molar refractivity (Wildman–Crippen MR) is 83.6 cm³/mol. The summed E-state index contributed by atoms with van der Waals surface area (Å²) >= 11 is 0. The molecule has 1 saturated carbocycles. The minimum atomic E-state index is -0.0650. The Kier molecular flexibility index (Phi) is 5.48. The molecule has 0 aromatic heterocycles. The Morgan fingerprint density at radius 2 is 1.95 bits per heavy atom. The molecule has 0 aromatic rings. The summed E-state index contributed by atoms with van der Waals surface area (Å²) in [6.45, 7) is 8.85. The van der Waals surface area contributed by atoms with Gasteiger partial charge in [0.2, 0.25) is 5.91 Å². The SMILES string of the molecule is CC(C)CC1(C(=O)NC(C)C2CCCNC2)CCCC1. The average Bonchev–Trinajstić information content (AvgIpc) is 2.88. The zero-order valence-corrected chi connectivity index (χ0v) is 13.5. The van der Waals surface area contributed by atoms with E-state index in [0.29, 0.717) is 23.8 Å². The van der Waals surface area contributed by atoms with Gasteiger partial charge in [0.25, 0.3) is 0 Å². The van der Waals surface area contributed by atoms with E-state index >= 15 is 0 Å². The van der Waals surface area contributed by atoms with E-state index in [1.807, 2.05) is 0 Å². The third-order valence-electron chi connectivity index (χ3n) is 5.24. The Labute approximate surface area is 124 Å². The maximum atomic E-state index is 12.8. The van der Waals surface area contributed by atoms with Crippen LogP contribution in [0, 0.1) is 17.3 Å². The highest BCUT2D eigenvalue weighted by Gasteiger charge is 2.42. The number of piperidine rings is 1. The Morgan fingerprint density at radius 1 is 1.25 bits per heavy atom. The third kappa shape index (κ3) is 3.75. The number of amides is 1. The van der Waals surface area contributed by atoms with Gasteiger partial charge in [-0.2, -0.15) is 0 Å². The summed E-state index contributed by atoms with van der Waals surface area (Å²) in [6.07, 6.45) is 8.15. The molecule has 0 aromatic carbocycles. The molecule has 0 bridgehead atoms. The van der Waals surface area contributed by atoms with Crippen LogP contribution in [-0.4, -0.2) is 25.0 Å². The van der Waals surface area contributed by atoms with Gasteiger partial charge >= 0.3 is 0 Å². The highest BCUT2D eigenvalue weighted by atomic mass is 16.2. The molecule has 0 spiro atoms. The summed E-state index contributed by atoms with van der Waals surface area (Å²) in [6, 6.07) is 0.305. The number of nitrogens with one attached hydrogen (secondary N) is 2. The van der Waals surface area contributed by atoms with Crippen LogP contribution >= 0.6 is 0 Å². The molecule has 2 aliphatic rings. The Morgan fingerprint density at radius 3 is 2.50 bits per heavy atom. The second-order valence-corrected chi connectivity index (χ2v) is 7.45. The van der Waals surface area contributed by atoms with E-state index in [2.05, 4.69) is 31.4 Å². The summed E-state index contributed by atoms with van der Waals surface area (Å²) < 4.78 is 0. The van der Waals surface area contributed by atoms with Gasteiger partial charge in [0.15, 0.2) is 0 Å². The van der Waals surface area contributed by atoms with Crippen LogP contribution in [0.5, 0.6) is 0 Å². The zero-order chi connectivity index (χ0) is 14.6. The quantitative estimate of drug-likeness (QED) is 0.812. The van der Waals surface area contributed by atoms with E-state index in [1.165, 1.54) is 25.7 Å². The molecule has 2 atom stereocenters. The highest BCUT2D eigenvalue weighted by molar-refractivity contribution is 5.83. The van der Waals surface area contributed by atoms with Crippen molar-refractivity contribution in [3.63, 3.8) is 0 Å². The van der Waals surface area contributed by atoms with Crippen LogP contribution in [0.2, 0.25) is 0 Å². The minimum Gasteiger partial charge on any atom is -0.353 e. The normalized spacial score (nSPS) is 27.5. The molecule has 2 N–H and O–H groups in total. The van der Waals surface area contributed by atoms with E-state index in [9.17, 15) is 4.79 Å². The molecule has 2 unspecified atom stereocenters. The summed E-state index contributed by atoms with van der Waals surface area (Å²) in [4.78, 5) is 12.8. The summed E-state index contributed by atoms with van der Waals surface area (Å²) in [5, 5.41) is 6.81. The first kappa shape index (κ1) is 15.8. The van der Waals surface area contributed by atoms with Crippen LogP contribution in [0.4, 0.5) is 0 Å². The van der Waals surface area contributed by atoms with Gasteiger partial charge in [0, 0.05) is 11.5 Å². The van der Waals surface area contributed by atoms with E-state index in [4.69, 9.17) is 0 Å². The average molecular weight is 280 g/mol. The van der Waals surface area contributed by atoms with Crippen molar-refractivity contribution in [3.8, 4) is 0 Å². The molecule has 1 aliphatic heterocycles. The van der Waals surface area contributed by atoms with Gasteiger partial charge in [-0.25, -0.2) is 0 Å². The highest BCUT2D eigenvalue weighted by Crippen LogP contribution is 2.43. The van der Waals surface area contributed by atoms with Crippen molar-refractivity contribution in [2.45, 2.75) is 71.8 Å². The van der Waals surface area contributed by atoms with Crippen LogP contribution in [-0.2, 0) is 4.79 Å². The van der Waals surface area contributed by atoms with E-state index in [1.54, 1.807) is 0 Å². The standard InChI is InChI=1S/C17H32N2O/c1-13(2)11-17(8-4-5-9-17)16(20)19-14(3)15-7-6-10-18-12-15/h13-15,18H,4-12H2,1-3H3,(H,19,20). The van der Waals surface area contributed by atoms with Crippen LogP contribution < -0.4 is 10.6 Å². The maximum absolute atomic E-state index is 12.8. The van der Waals surface area contributed by atoms with Gasteiger partial charge in [0.05, 0.1) is 0 Å². The second-order valence-electron chi connectivity index (χ2n) is 7.45. The maximum Gasteiger partial charge on any atom is 0.226 e. The molecular formula is C17H32N2O. The van der Waals surface area contributed by atoms with Crippen LogP contribution in [0.15, 0.2) is 0 Å². The van der Waals surface area contributed by atoms with Gasteiger partial charge in [-0.05, 0) is 64.0 Å². The van der Waals surface area contributed by atoms with Crippen molar-refractivity contribution >= 4 is 5.91 Å². The first-order valence-corrected chi connectivity index (χ1v) is 8.55. The summed E-state index contributed by atoms with van der Waals surface area (Å²) in [5.74, 6) is 1.54. The molecule has 1 amide bonds. The lowest BCUT2D eigenvalue weighted by Gasteiger charge is -2.34. The molecule has 20 heavy (non-hydrogen) atoms. The van der Waals surface area contributed by atoms with Crippen LogP contribution in [0.3, 0.4) is 0 Å². The predicted octanol–water partition coefficient (Wildman–Crippen LogP) is 3.10. The zero-order valence-electron chi connectivity index (χ0n) is 13.5. The number of carbonyl (C=O) groups excluding carboxylic acids is 1. The monoisotopic (exact) mass is 280 g/mol. The number of carbonyl (C=O) groups is 1. The largest absolute Gasteiger partial charge is 0.353 e. The van der Waals surface area contributed by atoms with Crippen molar-refractivity contribution in [2.24, 2.45) is 17.3 Å². The summed E-state index contributed by atoms with van der Waals surface area (Å²) in [5.41, 5.74) is -0.0650. The molecule has 2 fully saturated rings. The van der Waals surface area contributed by atoms with Crippen molar-refractivity contribution < 1.29 is 4.79 Å². The van der Waals surface area contributed by atoms with Crippen molar-refractivity contribution in [2.75, 3.05) is 13.1 Å². The van der Waals surface area contributed by atoms with Gasteiger partial charge in [0.1, 0.15) is 0 Å². The van der Waals surface area contributed by atoms with Gasteiger partial charge in [-0.1, -0.05) is 26.7 Å². The molecule has 1 aliphatic carbocycles. The van der Waals surface area contributed by atoms with E-state index in [-0.39, 0.29) is 5.41 Å². The Bertz CT molecular complexity index is 315. The lowest BCUT2D eigenvalue weighted by molar-refractivity contribution is -0.132. The molecule has 116 valence electrons. The van der Waals surface area contributed by atoms with Crippen LogP contribution in [0.25, 0.3) is 0 Å². The molecule has 0 radical (unpaired) electrons. The Hall–Kier alpha value is -0.570. The van der Waals surface area contributed by atoms with Gasteiger partial charge in [-0.3, -0.25) is 4.79 Å². The van der Waals surface area contributed by atoms with Crippen molar-refractivity contribution in [1.82, 2.24) is 10.6 Å². The lowest BCUT2D eigenvalue weighted by atomic mass is 9.77. The number of hydrogen-bond acceptors (Lipinski definition) is 2. The molecule has 3 nitrogen and oxygen atoms in total. The van der Waals surface area contributed by atoms with Gasteiger partial charge in [-0.15, -0.1) is 0 Å². The molecule has 2 rings (SSSR count). The molecule has 1 saturated heterocycles. The number of rotatable bonds is 5. The fourth-order valence-corrected chi connectivity index (χ4v) is 4.14. The van der Waals surface area contributed by atoms with Crippen molar-refractivity contribution in [1.29, 1.82) is 0 Å². The third-order valence-corrected chi connectivity index (χ3v) is 5.24. The summed E-state index contributed by atoms with van der Waals surface area (Å²) in [7, 11) is 0. The van der Waals surface area contributed by atoms with Gasteiger partial charge < -0.3 is 10.6 Å². The van der Waals surface area contributed by atoms with E-state index < -0.39 is 0 Å². The Balaban J connectivity index is 1.94. The molecule has 1 heterocycles. The topological polar surface area (TPSA) is 41.1 Å².